The van der Waals surface area contributed by atoms with Crippen LogP contribution in [0.4, 0.5) is 4.39 Å². The highest BCUT2D eigenvalue weighted by molar-refractivity contribution is 9.11. The standard InChI is InChI=1S/C9H8Br2FNO3S/c1-5(10)4-16-8-3-7(12)9(2-6(8)11)17(13,14)15/h2-3H,1,4H2,(H2,13,14,15). The average Bonchev–Trinajstić information content (AvgIpc) is 2.17. The molecule has 2 N–H and O–H groups in total. The first-order valence-electron chi connectivity index (χ1n) is 4.19. The maximum absolute atomic E-state index is 13.5. The quantitative estimate of drug-likeness (QED) is 0.861. The predicted molar refractivity (Wildman–Crippen MR) is 69.0 cm³/mol. The second-order valence-electron chi connectivity index (χ2n) is 3.06. The van der Waals surface area contributed by atoms with Crippen LogP contribution >= 0.6 is 31.9 Å². The van der Waals surface area contributed by atoms with Gasteiger partial charge in [0.1, 0.15) is 23.1 Å². The molecule has 0 spiro atoms. The molecule has 0 radical (unpaired) electrons. The van der Waals surface area contributed by atoms with E-state index in [1.54, 1.807) is 0 Å². The van der Waals surface area contributed by atoms with Gasteiger partial charge in [-0.1, -0.05) is 22.5 Å². The van der Waals surface area contributed by atoms with Gasteiger partial charge in [0, 0.05) is 10.5 Å². The minimum atomic E-state index is -4.09. The van der Waals surface area contributed by atoms with Crippen LogP contribution in [0.1, 0.15) is 0 Å². The fourth-order valence-corrected chi connectivity index (χ4v) is 2.33. The van der Waals surface area contributed by atoms with Crippen LogP contribution in [0.2, 0.25) is 0 Å². The van der Waals surface area contributed by atoms with Crippen molar-refractivity contribution in [1.29, 1.82) is 0 Å². The largest absolute Gasteiger partial charge is 0.487 e. The molecule has 1 aromatic rings. The lowest BCUT2D eigenvalue weighted by molar-refractivity contribution is 0.355. The van der Waals surface area contributed by atoms with E-state index in [0.29, 0.717) is 4.48 Å². The number of hydrogen-bond acceptors (Lipinski definition) is 3. The van der Waals surface area contributed by atoms with Crippen LogP contribution in [0.5, 0.6) is 5.75 Å². The topological polar surface area (TPSA) is 69.4 Å². The van der Waals surface area contributed by atoms with E-state index in [2.05, 4.69) is 38.4 Å². The average molecular weight is 389 g/mol. The van der Waals surface area contributed by atoms with Crippen molar-refractivity contribution in [3.8, 4) is 5.75 Å². The van der Waals surface area contributed by atoms with Gasteiger partial charge in [-0.3, -0.25) is 0 Å². The Labute approximate surface area is 115 Å². The van der Waals surface area contributed by atoms with E-state index in [4.69, 9.17) is 9.88 Å². The summed E-state index contributed by atoms with van der Waals surface area (Å²) >= 11 is 6.14. The normalized spacial score (nSPS) is 11.3. The number of ether oxygens (including phenoxy) is 1. The van der Waals surface area contributed by atoms with Gasteiger partial charge in [-0.2, -0.15) is 0 Å². The molecular weight excluding hydrogens is 381 g/mol. The first-order chi connectivity index (χ1) is 7.71. The van der Waals surface area contributed by atoms with E-state index in [9.17, 15) is 12.8 Å². The Hall–Kier alpha value is -0.440. The van der Waals surface area contributed by atoms with Gasteiger partial charge in [0.25, 0.3) is 0 Å². The molecule has 0 aromatic heterocycles. The summed E-state index contributed by atoms with van der Waals surface area (Å²) < 4.78 is 41.6. The number of benzene rings is 1. The van der Waals surface area contributed by atoms with Crippen LogP contribution in [0, 0.1) is 5.82 Å². The maximum Gasteiger partial charge on any atom is 0.241 e. The Morgan fingerprint density at radius 1 is 1.53 bits per heavy atom. The number of primary sulfonamides is 1. The van der Waals surface area contributed by atoms with Crippen LogP contribution in [0.25, 0.3) is 0 Å². The van der Waals surface area contributed by atoms with E-state index < -0.39 is 20.7 Å². The van der Waals surface area contributed by atoms with Crippen LogP contribution < -0.4 is 9.88 Å². The number of halogens is 3. The molecule has 94 valence electrons. The molecule has 0 saturated carbocycles. The molecule has 0 unspecified atom stereocenters. The number of nitrogens with two attached hydrogens (primary N) is 1. The van der Waals surface area contributed by atoms with Gasteiger partial charge < -0.3 is 4.74 Å². The lowest BCUT2D eigenvalue weighted by Crippen LogP contribution is -2.14. The third-order valence-corrected chi connectivity index (χ3v) is 3.45. The van der Waals surface area contributed by atoms with Crippen molar-refractivity contribution in [2.75, 3.05) is 6.61 Å². The zero-order valence-corrected chi connectivity index (χ0v) is 12.4. The SMILES string of the molecule is C=C(Br)COc1cc(F)c(S(N)(=O)=O)cc1Br. The molecule has 8 heteroatoms. The Kier molecular flexibility index (Phi) is 4.70. The molecule has 1 aromatic carbocycles. The van der Waals surface area contributed by atoms with Gasteiger partial charge in [0.15, 0.2) is 0 Å². The minimum Gasteiger partial charge on any atom is -0.487 e. The van der Waals surface area contributed by atoms with Gasteiger partial charge in [-0.15, -0.1) is 0 Å². The van der Waals surface area contributed by atoms with E-state index >= 15 is 0 Å². The molecule has 0 saturated heterocycles. The zero-order chi connectivity index (χ0) is 13.2. The van der Waals surface area contributed by atoms with Crippen molar-refractivity contribution in [3.63, 3.8) is 0 Å². The molecule has 0 fully saturated rings. The van der Waals surface area contributed by atoms with Crippen LogP contribution in [0.3, 0.4) is 0 Å². The predicted octanol–water partition coefficient (Wildman–Crippen LogP) is 2.52. The lowest BCUT2D eigenvalue weighted by atomic mass is 10.3. The van der Waals surface area contributed by atoms with Gasteiger partial charge in [0.2, 0.25) is 10.0 Å². The van der Waals surface area contributed by atoms with Crippen molar-refractivity contribution < 1.29 is 17.5 Å². The van der Waals surface area contributed by atoms with Crippen LogP contribution in [-0.2, 0) is 10.0 Å². The van der Waals surface area contributed by atoms with Crippen molar-refractivity contribution in [2.24, 2.45) is 5.14 Å². The molecule has 0 atom stereocenters. The Morgan fingerprint density at radius 2 is 2.12 bits per heavy atom. The summed E-state index contributed by atoms with van der Waals surface area (Å²) in [7, 11) is -4.09. The van der Waals surface area contributed by atoms with Crippen molar-refractivity contribution in [3.05, 3.63) is 33.5 Å². The summed E-state index contributed by atoms with van der Waals surface area (Å²) in [5.74, 6) is -0.804. The second kappa shape index (κ2) is 5.47. The Bertz CT molecular complexity index is 560. The van der Waals surface area contributed by atoms with Crippen molar-refractivity contribution >= 4 is 41.9 Å². The van der Waals surface area contributed by atoms with Gasteiger partial charge in [-0.05, 0) is 22.0 Å². The zero-order valence-electron chi connectivity index (χ0n) is 8.41. The highest BCUT2D eigenvalue weighted by Gasteiger charge is 2.17. The second-order valence-corrected chi connectivity index (χ2v) is 6.57. The van der Waals surface area contributed by atoms with Crippen LogP contribution in [0.15, 0.2) is 32.6 Å². The highest BCUT2D eigenvalue weighted by Crippen LogP contribution is 2.30. The molecule has 0 aliphatic rings. The monoisotopic (exact) mass is 387 g/mol. The summed E-state index contributed by atoms with van der Waals surface area (Å²) in [5.41, 5.74) is 0. The lowest BCUT2D eigenvalue weighted by Gasteiger charge is -2.09. The third-order valence-electron chi connectivity index (χ3n) is 1.68. The first-order valence-corrected chi connectivity index (χ1v) is 7.33. The van der Waals surface area contributed by atoms with E-state index in [1.165, 1.54) is 0 Å². The van der Waals surface area contributed by atoms with Crippen molar-refractivity contribution in [1.82, 2.24) is 0 Å². The summed E-state index contributed by atoms with van der Waals surface area (Å²) in [5, 5.41) is 4.85. The van der Waals surface area contributed by atoms with E-state index in [1.807, 2.05) is 0 Å². The summed E-state index contributed by atoms with van der Waals surface area (Å²) in [6.45, 7) is 3.68. The highest BCUT2D eigenvalue weighted by atomic mass is 79.9. The molecule has 17 heavy (non-hydrogen) atoms. The van der Waals surface area contributed by atoms with E-state index in [-0.39, 0.29) is 16.8 Å². The third kappa shape index (κ3) is 4.06. The van der Waals surface area contributed by atoms with Crippen molar-refractivity contribution in [2.45, 2.75) is 4.90 Å². The Morgan fingerprint density at radius 3 is 2.59 bits per heavy atom. The summed E-state index contributed by atoms with van der Waals surface area (Å²) in [6, 6.07) is 2.00. The molecule has 0 bridgehead atoms. The Balaban J connectivity index is 3.14. The molecule has 0 amide bonds. The molecule has 1 rings (SSSR count). The number of sulfonamides is 1. The number of hydrogen-bond donors (Lipinski definition) is 1. The fraction of sp³-hybridized carbons (Fsp3) is 0.111. The van der Waals surface area contributed by atoms with Gasteiger partial charge in [-0.25, -0.2) is 17.9 Å². The molecule has 0 aliphatic heterocycles. The van der Waals surface area contributed by atoms with Gasteiger partial charge >= 0.3 is 0 Å². The van der Waals surface area contributed by atoms with Crippen LogP contribution in [-0.4, -0.2) is 15.0 Å². The fourth-order valence-electron chi connectivity index (χ4n) is 0.995. The van der Waals surface area contributed by atoms with E-state index in [0.717, 1.165) is 12.1 Å². The molecule has 4 nitrogen and oxygen atoms in total. The minimum absolute atomic E-state index is 0.132. The summed E-state index contributed by atoms with van der Waals surface area (Å²) in [4.78, 5) is -0.589. The first kappa shape index (κ1) is 14.6. The summed E-state index contributed by atoms with van der Waals surface area (Å²) in [6.07, 6.45) is 0. The smallest absolute Gasteiger partial charge is 0.241 e. The van der Waals surface area contributed by atoms with Gasteiger partial charge in [0.05, 0.1) is 4.47 Å². The number of rotatable bonds is 4. The molecule has 0 aliphatic carbocycles. The molecule has 0 heterocycles. The maximum atomic E-state index is 13.5. The molecular formula is C9H8Br2FNO3S.